The highest BCUT2D eigenvalue weighted by Gasteiger charge is 2.11. The van der Waals surface area contributed by atoms with Gasteiger partial charge in [0.15, 0.2) is 0 Å². The monoisotopic (exact) mass is 330 g/mol. The Labute approximate surface area is 133 Å². The largest absolute Gasteiger partial charge is 0.478 e. The normalized spacial score (nSPS) is 12.0. The van der Waals surface area contributed by atoms with Crippen LogP contribution in [0.1, 0.15) is 23.7 Å². The van der Waals surface area contributed by atoms with E-state index in [1.165, 1.54) is 18.2 Å². The van der Waals surface area contributed by atoms with Crippen molar-refractivity contribution in [2.24, 2.45) is 0 Å². The molecule has 1 atom stereocenters. The molecular formula is C14H19ClN2O3S. The summed E-state index contributed by atoms with van der Waals surface area (Å²) in [6, 6.07) is 4.43. The molecule has 5 nitrogen and oxygen atoms in total. The van der Waals surface area contributed by atoms with E-state index in [1.807, 2.05) is 13.2 Å². The number of carboxylic acids is 1. The van der Waals surface area contributed by atoms with Crippen LogP contribution < -0.4 is 10.6 Å². The van der Waals surface area contributed by atoms with E-state index < -0.39 is 5.97 Å². The van der Waals surface area contributed by atoms with Crippen LogP contribution >= 0.6 is 23.4 Å². The first-order chi connectivity index (χ1) is 9.93. The van der Waals surface area contributed by atoms with E-state index in [-0.39, 0.29) is 24.1 Å². The van der Waals surface area contributed by atoms with Crippen molar-refractivity contribution in [3.8, 4) is 0 Å². The molecule has 0 saturated carbocycles. The van der Waals surface area contributed by atoms with Crippen molar-refractivity contribution < 1.29 is 14.7 Å². The first kappa shape index (κ1) is 17.8. The van der Waals surface area contributed by atoms with Gasteiger partial charge in [0.05, 0.1) is 22.8 Å². The second-order valence-electron chi connectivity index (χ2n) is 4.61. The molecule has 116 valence electrons. The van der Waals surface area contributed by atoms with Gasteiger partial charge in [-0.25, -0.2) is 4.79 Å². The molecule has 21 heavy (non-hydrogen) atoms. The topological polar surface area (TPSA) is 78.4 Å². The summed E-state index contributed by atoms with van der Waals surface area (Å²) in [4.78, 5) is 22.7. The summed E-state index contributed by atoms with van der Waals surface area (Å²) < 4.78 is 0. The first-order valence-corrected chi connectivity index (χ1v) is 8.26. The Kier molecular flexibility index (Phi) is 7.56. The number of hydrogen-bond acceptors (Lipinski definition) is 4. The summed E-state index contributed by atoms with van der Waals surface area (Å²) in [5.74, 6) is -0.288. The summed E-state index contributed by atoms with van der Waals surface area (Å²) in [5, 5.41) is 15.0. The Morgan fingerprint density at radius 3 is 2.76 bits per heavy atom. The van der Waals surface area contributed by atoms with E-state index in [0.29, 0.717) is 10.7 Å². The number of hydrogen-bond donors (Lipinski definition) is 3. The molecule has 0 fully saturated rings. The number of benzene rings is 1. The highest BCUT2D eigenvalue weighted by atomic mass is 35.5. The molecule has 0 spiro atoms. The molecule has 0 saturated heterocycles. The summed E-state index contributed by atoms with van der Waals surface area (Å²) in [6.45, 7) is 2.17. The molecule has 1 aromatic carbocycles. The second kappa shape index (κ2) is 8.92. The molecular weight excluding hydrogens is 312 g/mol. The average Bonchev–Trinajstić information content (AvgIpc) is 2.45. The van der Waals surface area contributed by atoms with Crippen molar-refractivity contribution >= 4 is 40.9 Å². The minimum atomic E-state index is -1.06. The van der Waals surface area contributed by atoms with Gasteiger partial charge in [-0.2, -0.15) is 11.8 Å². The van der Waals surface area contributed by atoms with Gasteiger partial charge in [-0.15, -0.1) is 0 Å². The van der Waals surface area contributed by atoms with Crippen molar-refractivity contribution in [3.63, 3.8) is 0 Å². The number of halogens is 1. The molecule has 1 amide bonds. The minimum absolute atomic E-state index is 0.0796. The van der Waals surface area contributed by atoms with E-state index >= 15 is 0 Å². The lowest BCUT2D eigenvalue weighted by molar-refractivity contribution is -0.115. The molecule has 1 aromatic rings. The molecule has 0 aliphatic carbocycles. The predicted molar refractivity (Wildman–Crippen MR) is 87.5 cm³/mol. The van der Waals surface area contributed by atoms with Gasteiger partial charge in [0, 0.05) is 6.04 Å². The van der Waals surface area contributed by atoms with Crippen molar-refractivity contribution in [3.05, 3.63) is 28.8 Å². The quantitative estimate of drug-likeness (QED) is 0.683. The van der Waals surface area contributed by atoms with E-state index in [1.54, 1.807) is 11.8 Å². The van der Waals surface area contributed by atoms with Crippen LogP contribution in [0.5, 0.6) is 0 Å². The third-order valence-electron chi connectivity index (χ3n) is 2.85. The van der Waals surface area contributed by atoms with Gasteiger partial charge in [0.2, 0.25) is 5.91 Å². The third kappa shape index (κ3) is 6.37. The molecule has 1 unspecified atom stereocenters. The fraction of sp³-hybridized carbons (Fsp3) is 0.429. The highest BCUT2D eigenvalue weighted by Crippen LogP contribution is 2.23. The number of carboxylic acid groups (broad SMARTS) is 1. The highest BCUT2D eigenvalue weighted by molar-refractivity contribution is 7.98. The van der Waals surface area contributed by atoms with Crippen LogP contribution in [0.4, 0.5) is 5.69 Å². The van der Waals surface area contributed by atoms with Gasteiger partial charge in [-0.05, 0) is 43.6 Å². The molecule has 0 aliphatic heterocycles. The van der Waals surface area contributed by atoms with Gasteiger partial charge in [0.25, 0.3) is 0 Å². The number of carbonyl (C=O) groups excluding carboxylic acids is 1. The van der Waals surface area contributed by atoms with Gasteiger partial charge in [-0.1, -0.05) is 11.6 Å². The standard InChI is InChI=1S/C14H19ClN2O3S/c1-9(5-6-21-2)16-8-13(18)17-12-7-10(14(19)20)3-4-11(12)15/h3-4,7,9,16H,5-6,8H2,1-2H3,(H,17,18)(H,19,20). The van der Waals surface area contributed by atoms with Gasteiger partial charge in [-0.3, -0.25) is 4.79 Å². The average molecular weight is 331 g/mol. The molecule has 7 heteroatoms. The molecule has 1 rings (SSSR count). The lowest BCUT2D eigenvalue weighted by Crippen LogP contribution is -2.34. The van der Waals surface area contributed by atoms with Crippen molar-refractivity contribution in [1.82, 2.24) is 5.32 Å². The fourth-order valence-electron chi connectivity index (χ4n) is 1.61. The second-order valence-corrected chi connectivity index (χ2v) is 6.00. The maximum atomic E-state index is 11.8. The van der Waals surface area contributed by atoms with Crippen molar-refractivity contribution in [2.45, 2.75) is 19.4 Å². The Morgan fingerprint density at radius 1 is 1.43 bits per heavy atom. The lowest BCUT2D eigenvalue weighted by Gasteiger charge is -2.13. The fourth-order valence-corrected chi connectivity index (χ4v) is 2.37. The number of anilines is 1. The smallest absolute Gasteiger partial charge is 0.335 e. The number of carbonyl (C=O) groups is 2. The van der Waals surface area contributed by atoms with E-state index in [9.17, 15) is 9.59 Å². The number of nitrogens with one attached hydrogen (secondary N) is 2. The summed E-state index contributed by atoms with van der Waals surface area (Å²) >= 11 is 7.70. The molecule has 3 N–H and O–H groups in total. The predicted octanol–water partition coefficient (Wildman–Crippen LogP) is 2.71. The van der Waals surface area contributed by atoms with E-state index in [4.69, 9.17) is 16.7 Å². The Hall–Kier alpha value is -1.24. The molecule has 0 heterocycles. The zero-order valence-electron chi connectivity index (χ0n) is 12.0. The zero-order valence-corrected chi connectivity index (χ0v) is 13.6. The minimum Gasteiger partial charge on any atom is -0.478 e. The zero-order chi connectivity index (χ0) is 15.8. The Bertz CT molecular complexity index is 511. The Balaban J connectivity index is 2.54. The van der Waals surface area contributed by atoms with Crippen LogP contribution in [0, 0.1) is 0 Å². The van der Waals surface area contributed by atoms with Crippen LogP contribution in [0.15, 0.2) is 18.2 Å². The molecule has 0 aromatic heterocycles. The lowest BCUT2D eigenvalue weighted by atomic mass is 10.2. The number of aromatic carboxylic acids is 1. The number of rotatable bonds is 8. The van der Waals surface area contributed by atoms with Crippen LogP contribution in [-0.2, 0) is 4.79 Å². The summed E-state index contributed by atoms with van der Waals surface area (Å²) in [5.41, 5.74) is 0.385. The maximum Gasteiger partial charge on any atom is 0.335 e. The molecule has 0 aliphatic rings. The van der Waals surface area contributed by atoms with Crippen LogP contribution in [0.2, 0.25) is 5.02 Å². The van der Waals surface area contributed by atoms with Crippen LogP contribution in [0.3, 0.4) is 0 Å². The number of thioether (sulfide) groups is 1. The molecule has 0 bridgehead atoms. The van der Waals surface area contributed by atoms with E-state index in [2.05, 4.69) is 10.6 Å². The van der Waals surface area contributed by atoms with E-state index in [0.717, 1.165) is 12.2 Å². The number of amides is 1. The van der Waals surface area contributed by atoms with Crippen molar-refractivity contribution in [2.75, 3.05) is 23.9 Å². The third-order valence-corrected chi connectivity index (χ3v) is 3.83. The summed E-state index contributed by atoms with van der Waals surface area (Å²) in [7, 11) is 0. The maximum absolute atomic E-state index is 11.8. The van der Waals surface area contributed by atoms with Gasteiger partial charge >= 0.3 is 5.97 Å². The van der Waals surface area contributed by atoms with Gasteiger partial charge < -0.3 is 15.7 Å². The van der Waals surface area contributed by atoms with Crippen molar-refractivity contribution in [1.29, 1.82) is 0 Å². The first-order valence-electron chi connectivity index (χ1n) is 6.49. The van der Waals surface area contributed by atoms with Crippen LogP contribution in [0.25, 0.3) is 0 Å². The Morgan fingerprint density at radius 2 is 2.14 bits per heavy atom. The van der Waals surface area contributed by atoms with Gasteiger partial charge in [0.1, 0.15) is 0 Å². The summed E-state index contributed by atoms with van der Waals surface area (Å²) in [6.07, 6.45) is 3.01. The van der Waals surface area contributed by atoms with Crippen LogP contribution in [-0.4, -0.2) is 41.6 Å². The SMILES string of the molecule is CSCCC(C)NCC(=O)Nc1cc(C(=O)O)ccc1Cl. The molecule has 0 radical (unpaired) electrons.